The van der Waals surface area contributed by atoms with Crippen molar-refractivity contribution in [2.75, 3.05) is 16.2 Å². The van der Waals surface area contributed by atoms with Gasteiger partial charge in [0.05, 0.1) is 11.4 Å². The maximum absolute atomic E-state index is 12.5. The Balaban J connectivity index is 1.84. The lowest BCUT2D eigenvalue weighted by Crippen LogP contribution is -2.35. The van der Waals surface area contributed by atoms with Crippen LogP contribution in [0.2, 0.25) is 5.02 Å². The molecule has 3 rings (SSSR count). The Morgan fingerprint density at radius 2 is 2.00 bits per heavy atom. The van der Waals surface area contributed by atoms with Gasteiger partial charge in [-0.25, -0.2) is 8.42 Å². The van der Waals surface area contributed by atoms with Gasteiger partial charge >= 0.3 is 0 Å². The highest BCUT2D eigenvalue weighted by molar-refractivity contribution is 7.91. The molecule has 138 valence electrons. The van der Waals surface area contributed by atoms with Crippen LogP contribution in [0, 0.1) is 0 Å². The highest BCUT2D eigenvalue weighted by atomic mass is 35.5. The van der Waals surface area contributed by atoms with Crippen LogP contribution in [0.25, 0.3) is 0 Å². The summed E-state index contributed by atoms with van der Waals surface area (Å²) < 4.78 is 27.6. The van der Waals surface area contributed by atoms with Gasteiger partial charge in [-0.2, -0.15) is 0 Å². The number of nitrogens with zero attached hydrogens (tertiary/aromatic N) is 1. The molecule has 0 unspecified atom stereocenters. The van der Waals surface area contributed by atoms with E-state index in [9.17, 15) is 13.2 Å². The first-order valence-corrected chi connectivity index (χ1v) is 10.6. The maximum atomic E-state index is 12.5. The quantitative estimate of drug-likeness (QED) is 0.837. The summed E-state index contributed by atoms with van der Waals surface area (Å²) in [5, 5.41) is 0.419. The minimum absolute atomic E-state index is 0.0435. The van der Waals surface area contributed by atoms with Crippen LogP contribution in [-0.4, -0.2) is 20.9 Å². The first-order valence-electron chi connectivity index (χ1n) is 8.57. The average molecular weight is 393 g/mol. The third-order valence-electron chi connectivity index (χ3n) is 4.38. The lowest BCUT2D eigenvalue weighted by molar-refractivity contribution is -0.118. The molecule has 1 amide bonds. The van der Waals surface area contributed by atoms with Crippen LogP contribution in [0.5, 0.6) is 0 Å². The largest absolute Gasteiger partial charge is 0.312 e. The molecule has 1 aliphatic rings. The van der Waals surface area contributed by atoms with Gasteiger partial charge in [0.2, 0.25) is 15.9 Å². The molecule has 1 heterocycles. The van der Waals surface area contributed by atoms with Crippen molar-refractivity contribution in [3.8, 4) is 0 Å². The first kappa shape index (κ1) is 18.7. The van der Waals surface area contributed by atoms with Crippen LogP contribution in [-0.2, 0) is 27.0 Å². The molecule has 0 saturated carbocycles. The molecule has 5 nitrogen and oxygen atoms in total. The predicted octanol–water partition coefficient (Wildman–Crippen LogP) is 3.97. The zero-order chi connectivity index (χ0) is 18.7. The summed E-state index contributed by atoms with van der Waals surface area (Å²) in [7, 11) is -3.62. The fourth-order valence-electron chi connectivity index (χ4n) is 3.12. The van der Waals surface area contributed by atoms with Crippen molar-refractivity contribution in [3.63, 3.8) is 0 Å². The number of hydrogen-bond donors (Lipinski definition) is 1. The number of fused-ring (bicyclic) bond motifs is 1. The van der Waals surface area contributed by atoms with Gasteiger partial charge in [-0.05, 0) is 42.2 Å². The maximum Gasteiger partial charge on any atom is 0.236 e. The standard InChI is InChI=1S/C19H21ClN2O3S/c1-2-19(23)22-11-5-7-14-9-10-16(12-18(14)22)21-26(24,25)13-15-6-3-4-8-17(15)20/h3-4,6,8-10,12,21H,2,5,7,11,13H2,1H3. The molecule has 0 saturated heterocycles. The van der Waals surface area contributed by atoms with E-state index in [0.29, 0.717) is 29.2 Å². The fraction of sp³-hybridized carbons (Fsp3) is 0.316. The molecular formula is C19H21ClN2O3S. The normalized spacial score (nSPS) is 14.0. The number of rotatable bonds is 5. The van der Waals surface area contributed by atoms with Gasteiger partial charge in [-0.3, -0.25) is 9.52 Å². The predicted molar refractivity (Wildman–Crippen MR) is 105 cm³/mol. The minimum atomic E-state index is -3.62. The third kappa shape index (κ3) is 4.19. The molecule has 0 atom stereocenters. The van der Waals surface area contributed by atoms with Crippen molar-refractivity contribution in [1.29, 1.82) is 0 Å². The number of halogens is 1. The highest BCUT2D eigenvalue weighted by Gasteiger charge is 2.22. The van der Waals surface area contributed by atoms with Gasteiger partial charge in [0.15, 0.2) is 0 Å². The number of benzene rings is 2. The van der Waals surface area contributed by atoms with Crippen LogP contribution < -0.4 is 9.62 Å². The zero-order valence-corrected chi connectivity index (χ0v) is 16.1. The molecule has 2 aromatic carbocycles. The molecule has 0 bridgehead atoms. The Labute approximate surface area is 159 Å². The van der Waals surface area contributed by atoms with E-state index in [1.165, 1.54) is 0 Å². The Morgan fingerprint density at radius 1 is 1.23 bits per heavy atom. The summed E-state index contributed by atoms with van der Waals surface area (Å²) in [6.07, 6.45) is 2.22. The van der Waals surface area contributed by atoms with E-state index in [1.807, 2.05) is 13.0 Å². The Hall–Kier alpha value is -2.05. The summed E-state index contributed by atoms with van der Waals surface area (Å²) in [5.41, 5.74) is 2.85. The van der Waals surface area contributed by atoms with Crippen LogP contribution in [0.1, 0.15) is 30.9 Å². The number of amides is 1. The third-order valence-corrected chi connectivity index (χ3v) is 5.99. The number of anilines is 2. The van der Waals surface area contributed by atoms with Gasteiger partial charge in [0, 0.05) is 23.7 Å². The van der Waals surface area contributed by atoms with Crippen molar-refractivity contribution in [1.82, 2.24) is 0 Å². The van der Waals surface area contributed by atoms with Crippen molar-refractivity contribution >= 4 is 38.9 Å². The molecular weight excluding hydrogens is 372 g/mol. The smallest absolute Gasteiger partial charge is 0.236 e. The summed E-state index contributed by atoms with van der Waals surface area (Å²) in [6, 6.07) is 12.2. The van der Waals surface area contributed by atoms with Gasteiger partial charge in [0.1, 0.15) is 0 Å². The van der Waals surface area contributed by atoms with Crippen LogP contribution in [0.4, 0.5) is 11.4 Å². The summed E-state index contributed by atoms with van der Waals surface area (Å²) in [5.74, 6) is -0.163. The number of sulfonamides is 1. The number of carbonyl (C=O) groups is 1. The second kappa shape index (κ2) is 7.68. The number of carbonyl (C=O) groups excluding carboxylic acids is 1. The zero-order valence-electron chi connectivity index (χ0n) is 14.5. The second-order valence-corrected chi connectivity index (χ2v) is 8.43. The SMILES string of the molecule is CCC(=O)N1CCCc2ccc(NS(=O)(=O)Cc3ccccc3Cl)cc21. The summed E-state index contributed by atoms with van der Waals surface area (Å²) >= 11 is 6.06. The van der Waals surface area contributed by atoms with E-state index in [0.717, 1.165) is 24.1 Å². The van der Waals surface area contributed by atoms with Gasteiger partial charge in [0.25, 0.3) is 0 Å². The summed E-state index contributed by atoms with van der Waals surface area (Å²) in [4.78, 5) is 13.9. The van der Waals surface area contributed by atoms with Crippen molar-refractivity contribution < 1.29 is 13.2 Å². The Morgan fingerprint density at radius 3 is 2.73 bits per heavy atom. The molecule has 0 aliphatic carbocycles. The molecule has 26 heavy (non-hydrogen) atoms. The van der Waals surface area contributed by atoms with Gasteiger partial charge in [-0.15, -0.1) is 0 Å². The molecule has 0 aromatic heterocycles. The van der Waals surface area contributed by atoms with E-state index in [4.69, 9.17) is 11.6 Å². The molecule has 1 N–H and O–H groups in total. The van der Waals surface area contributed by atoms with Crippen LogP contribution in [0.3, 0.4) is 0 Å². The monoisotopic (exact) mass is 392 g/mol. The number of nitrogens with one attached hydrogen (secondary N) is 1. The second-order valence-electron chi connectivity index (χ2n) is 6.30. The highest BCUT2D eigenvalue weighted by Crippen LogP contribution is 2.31. The molecule has 7 heteroatoms. The topological polar surface area (TPSA) is 66.5 Å². The molecule has 0 radical (unpaired) electrons. The first-order chi connectivity index (χ1) is 12.4. The van der Waals surface area contributed by atoms with E-state index < -0.39 is 10.0 Å². The van der Waals surface area contributed by atoms with E-state index in [1.54, 1.807) is 41.3 Å². The number of aryl methyl sites for hydroxylation is 1. The van der Waals surface area contributed by atoms with Crippen LogP contribution >= 0.6 is 11.6 Å². The molecule has 0 spiro atoms. The van der Waals surface area contributed by atoms with Crippen molar-refractivity contribution in [2.24, 2.45) is 0 Å². The molecule has 1 aliphatic heterocycles. The van der Waals surface area contributed by atoms with E-state index in [-0.39, 0.29) is 11.7 Å². The molecule has 0 fully saturated rings. The van der Waals surface area contributed by atoms with Gasteiger partial charge < -0.3 is 4.90 Å². The lowest BCUT2D eigenvalue weighted by Gasteiger charge is -2.29. The van der Waals surface area contributed by atoms with E-state index >= 15 is 0 Å². The minimum Gasteiger partial charge on any atom is -0.312 e. The lowest BCUT2D eigenvalue weighted by atomic mass is 10.0. The number of hydrogen-bond acceptors (Lipinski definition) is 3. The Kier molecular flexibility index (Phi) is 5.53. The average Bonchev–Trinajstić information content (AvgIpc) is 2.62. The van der Waals surface area contributed by atoms with E-state index in [2.05, 4.69) is 4.72 Å². The van der Waals surface area contributed by atoms with Gasteiger partial charge in [-0.1, -0.05) is 42.8 Å². The van der Waals surface area contributed by atoms with Crippen LogP contribution in [0.15, 0.2) is 42.5 Å². The molecule has 2 aromatic rings. The fourth-order valence-corrected chi connectivity index (χ4v) is 4.62. The Bertz CT molecular complexity index is 928. The van der Waals surface area contributed by atoms with Crippen molar-refractivity contribution in [2.45, 2.75) is 31.9 Å². The van der Waals surface area contributed by atoms with Crippen molar-refractivity contribution in [3.05, 3.63) is 58.6 Å². The summed E-state index contributed by atoms with van der Waals surface area (Å²) in [6.45, 7) is 2.49.